The molecule has 0 aliphatic rings. The molecule has 0 aliphatic heterocycles. The van der Waals surface area contributed by atoms with Gasteiger partial charge in [0.2, 0.25) is 0 Å². The Kier molecular flexibility index (Phi) is 16.2. The second-order valence-corrected chi connectivity index (χ2v) is 5.16. The summed E-state index contributed by atoms with van der Waals surface area (Å²) in [5.74, 6) is 0. The van der Waals surface area contributed by atoms with Gasteiger partial charge in [0.05, 0.1) is 20.9 Å². The SMILES string of the molecule is CC.CS(=O)(=O)[O-].Cn1ccnc1S(C)=O.[K+]. The molecule has 0 amide bonds. The molecule has 1 atom stereocenters. The van der Waals surface area contributed by atoms with Crippen LogP contribution in [0, 0.1) is 0 Å². The Morgan fingerprint density at radius 1 is 1.41 bits per heavy atom. The molecule has 17 heavy (non-hydrogen) atoms. The van der Waals surface area contributed by atoms with Crippen LogP contribution in [0.2, 0.25) is 0 Å². The smallest absolute Gasteiger partial charge is 0.748 e. The summed E-state index contributed by atoms with van der Waals surface area (Å²) in [6.07, 6.45) is 5.63. The summed E-state index contributed by atoms with van der Waals surface area (Å²) in [5.41, 5.74) is 0. The normalized spacial score (nSPS) is 10.9. The van der Waals surface area contributed by atoms with Crippen molar-refractivity contribution in [1.82, 2.24) is 9.55 Å². The summed E-state index contributed by atoms with van der Waals surface area (Å²) in [6.45, 7) is 4.00. The fourth-order valence-corrected chi connectivity index (χ4v) is 1.30. The molecule has 0 bridgehead atoms. The second kappa shape index (κ2) is 12.0. The van der Waals surface area contributed by atoms with Gasteiger partial charge in [-0.25, -0.2) is 13.4 Å². The number of hydrogen-bond donors (Lipinski definition) is 0. The van der Waals surface area contributed by atoms with Crippen LogP contribution < -0.4 is 51.4 Å². The zero-order valence-electron chi connectivity index (χ0n) is 11.0. The number of nitrogens with zero attached hydrogens (tertiary/aromatic N) is 2. The Morgan fingerprint density at radius 3 is 1.88 bits per heavy atom. The van der Waals surface area contributed by atoms with Crippen LogP contribution in [0.5, 0.6) is 0 Å². The van der Waals surface area contributed by atoms with E-state index in [0.717, 1.165) is 0 Å². The third-order valence-electron chi connectivity index (χ3n) is 1.03. The van der Waals surface area contributed by atoms with Crippen LogP contribution in [0.25, 0.3) is 0 Å². The molecule has 6 nitrogen and oxygen atoms in total. The molecule has 0 saturated heterocycles. The topological polar surface area (TPSA) is 92.1 Å². The van der Waals surface area contributed by atoms with Gasteiger partial charge in [0.25, 0.3) is 0 Å². The molecular formula is C8H17KN2O4S2. The predicted molar refractivity (Wildman–Crippen MR) is 62.5 cm³/mol. The van der Waals surface area contributed by atoms with Crippen molar-refractivity contribution in [2.45, 2.75) is 19.0 Å². The van der Waals surface area contributed by atoms with E-state index in [1.165, 1.54) is 0 Å². The number of rotatable bonds is 1. The molecule has 0 saturated carbocycles. The van der Waals surface area contributed by atoms with Crippen LogP contribution in [-0.4, -0.2) is 39.2 Å². The van der Waals surface area contributed by atoms with Crippen LogP contribution in [-0.2, 0) is 28.0 Å². The molecule has 0 aromatic carbocycles. The summed E-state index contributed by atoms with van der Waals surface area (Å²) >= 11 is 0. The summed E-state index contributed by atoms with van der Waals surface area (Å²) in [5, 5.41) is 0.620. The minimum absolute atomic E-state index is 0. The van der Waals surface area contributed by atoms with Gasteiger partial charge in [-0.2, -0.15) is 0 Å². The summed E-state index contributed by atoms with van der Waals surface area (Å²) in [7, 11) is -3.05. The predicted octanol–water partition coefficient (Wildman–Crippen LogP) is -2.65. The Hall–Kier alpha value is 0.906. The van der Waals surface area contributed by atoms with E-state index in [-0.39, 0.29) is 51.4 Å². The van der Waals surface area contributed by atoms with Gasteiger partial charge in [-0.15, -0.1) is 0 Å². The van der Waals surface area contributed by atoms with Crippen molar-refractivity contribution >= 4 is 20.9 Å². The van der Waals surface area contributed by atoms with Gasteiger partial charge >= 0.3 is 51.4 Å². The van der Waals surface area contributed by atoms with Crippen molar-refractivity contribution in [1.29, 1.82) is 0 Å². The standard InChI is InChI=1S/C5H8N2OS.C2H6.CH4O3S.K/c1-7-4-3-6-5(7)9(2)8;1-2;1-5(2,3)4;/h3-4H,1-2H3;1-2H3;1H3,(H,2,3,4);/q;;;+1/p-1. The van der Waals surface area contributed by atoms with E-state index in [1.54, 1.807) is 23.2 Å². The zero-order chi connectivity index (χ0) is 13.4. The van der Waals surface area contributed by atoms with Gasteiger partial charge in [-0.05, 0) is 0 Å². The first kappa shape index (κ1) is 23.0. The fourth-order valence-electron chi connectivity index (χ4n) is 0.629. The third-order valence-corrected chi connectivity index (χ3v) is 1.94. The molecule has 1 aromatic rings. The summed E-state index contributed by atoms with van der Waals surface area (Å²) < 4.78 is 39.7. The number of aromatic nitrogens is 2. The first-order valence-corrected chi connectivity index (χ1v) is 7.81. The van der Waals surface area contributed by atoms with E-state index in [9.17, 15) is 4.21 Å². The van der Waals surface area contributed by atoms with E-state index < -0.39 is 20.9 Å². The van der Waals surface area contributed by atoms with E-state index in [0.29, 0.717) is 11.4 Å². The quantitative estimate of drug-likeness (QED) is 0.417. The minimum atomic E-state index is -3.92. The molecule has 0 N–H and O–H groups in total. The number of imidazole rings is 1. The van der Waals surface area contributed by atoms with E-state index in [2.05, 4.69) is 4.98 Å². The van der Waals surface area contributed by atoms with E-state index >= 15 is 0 Å². The maximum absolute atomic E-state index is 10.8. The Labute approximate surface area is 148 Å². The fraction of sp³-hybridized carbons (Fsp3) is 0.625. The number of hydrogen-bond acceptors (Lipinski definition) is 5. The molecule has 96 valence electrons. The van der Waals surface area contributed by atoms with Gasteiger partial charge in [0.1, 0.15) is 0 Å². The summed E-state index contributed by atoms with van der Waals surface area (Å²) in [4.78, 5) is 3.88. The maximum atomic E-state index is 10.8. The van der Waals surface area contributed by atoms with Crippen LogP contribution in [0.4, 0.5) is 0 Å². The molecule has 1 unspecified atom stereocenters. The van der Waals surface area contributed by atoms with Gasteiger partial charge in [-0.3, -0.25) is 4.21 Å². The molecule has 1 aromatic heterocycles. The molecule has 0 aliphatic carbocycles. The van der Waals surface area contributed by atoms with Crippen molar-refractivity contribution in [2.24, 2.45) is 7.05 Å². The third kappa shape index (κ3) is 16.9. The van der Waals surface area contributed by atoms with Gasteiger partial charge in [-0.1, -0.05) is 13.8 Å². The average Bonchev–Trinajstić information content (AvgIpc) is 2.52. The Balaban J connectivity index is -0.000000213. The largest absolute Gasteiger partial charge is 1.00 e. The summed E-state index contributed by atoms with van der Waals surface area (Å²) in [6, 6.07) is 0. The van der Waals surface area contributed by atoms with Crippen LogP contribution in [0.3, 0.4) is 0 Å². The molecular weight excluding hydrogens is 291 g/mol. The maximum Gasteiger partial charge on any atom is 1.00 e. The van der Waals surface area contributed by atoms with Crippen molar-refractivity contribution in [3.63, 3.8) is 0 Å². The van der Waals surface area contributed by atoms with Crippen LogP contribution in [0.1, 0.15) is 13.8 Å². The zero-order valence-corrected chi connectivity index (χ0v) is 15.8. The van der Waals surface area contributed by atoms with Crippen molar-refractivity contribution in [3.8, 4) is 0 Å². The molecule has 0 spiro atoms. The molecule has 1 heterocycles. The molecule has 0 radical (unpaired) electrons. The van der Waals surface area contributed by atoms with Crippen molar-refractivity contribution < 1.29 is 68.6 Å². The average molecular weight is 308 g/mol. The monoisotopic (exact) mass is 308 g/mol. The Morgan fingerprint density at radius 2 is 1.76 bits per heavy atom. The first-order valence-electron chi connectivity index (χ1n) is 4.43. The first-order chi connectivity index (χ1) is 7.22. The van der Waals surface area contributed by atoms with Gasteiger partial charge in [0, 0.05) is 32.0 Å². The molecule has 9 heteroatoms. The second-order valence-electron chi connectivity index (χ2n) is 2.48. The van der Waals surface area contributed by atoms with Crippen molar-refractivity contribution in [3.05, 3.63) is 12.4 Å². The molecule has 0 fully saturated rings. The van der Waals surface area contributed by atoms with Crippen LogP contribution >= 0.6 is 0 Å². The van der Waals surface area contributed by atoms with E-state index in [4.69, 9.17) is 13.0 Å². The Bertz CT molecular complexity index is 409. The number of aryl methyl sites for hydroxylation is 1. The minimum Gasteiger partial charge on any atom is -0.748 e. The van der Waals surface area contributed by atoms with Crippen molar-refractivity contribution in [2.75, 3.05) is 12.5 Å². The molecule has 1 rings (SSSR count). The van der Waals surface area contributed by atoms with E-state index in [1.807, 2.05) is 20.9 Å². The van der Waals surface area contributed by atoms with Gasteiger partial charge < -0.3 is 9.12 Å². The van der Waals surface area contributed by atoms with Crippen LogP contribution in [0.15, 0.2) is 17.6 Å². The van der Waals surface area contributed by atoms with Gasteiger partial charge in [0.15, 0.2) is 5.16 Å².